The second-order valence-corrected chi connectivity index (χ2v) is 7.46. The van der Waals surface area contributed by atoms with Gasteiger partial charge in [-0.15, -0.1) is 0 Å². The van der Waals surface area contributed by atoms with Gasteiger partial charge in [0.25, 0.3) is 12.0 Å². The smallest absolute Gasteiger partial charge is 0.261 e. The summed E-state index contributed by atoms with van der Waals surface area (Å²) < 4.78 is 26.1. The lowest BCUT2D eigenvalue weighted by atomic mass is 10.1. The molecule has 7 nitrogen and oxygen atoms in total. The molecule has 4 rings (SSSR count). The van der Waals surface area contributed by atoms with Gasteiger partial charge < -0.3 is 10.2 Å². The van der Waals surface area contributed by atoms with Crippen LogP contribution in [0.2, 0.25) is 0 Å². The van der Waals surface area contributed by atoms with Gasteiger partial charge >= 0.3 is 0 Å². The number of hydrogen-bond acceptors (Lipinski definition) is 5. The van der Waals surface area contributed by atoms with E-state index in [2.05, 4.69) is 20.1 Å². The first-order chi connectivity index (χ1) is 13.5. The molecule has 0 bridgehead atoms. The van der Waals surface area contributed by atoms with Crippen LogP contribution in [0.3, 0.4) is 0 Å². The Kier molecular flexibility index (Phi) is 5.25. The Bertz CT molecular complexity index is 924. The number of fused-ring (bicyclic) bond motifs is 1. The number of alkyl halides is 2. The highest BCUT2D eigenvalue weighted by atomic mass is 19.3. The third kappa shape index (κ3) is 3.99. The standard InChI is InChI=1S/C19H23F2N5O2/c20-17(21)11-26-12-23-16-8-14(1-2-15(16)19(26)28)25-5-3-24(4-6-25)10-13-7-18(27)22-9-13/h1-2,8,12-13,17H,3-7,9-11H2,(H,22,27). The van der Waals surface area contributed by atoms with Crippen LogP contribution in [0.1, 0.15) is 6.42 Å². The normalized spacial score (nSPS) is 20.9. The summed E-state index contributed by atoms with van der Waals surface area (Å²) in [6.45, 7) is 4.56. The van der Waals surface area contributed by atoms with Crippen molar-refractivity contribution in [1.29, 1.82) is 0 Å². The molecule has 1 aromatic carbocycles. The van der Waals surface area contributed by atoms with Gasteiger partial charge in [-0.1, -0.05) is 0 Å². The van der Waals surface area contributed by atoms with Crippen molar-refractivity contribution in [3.8, 4) is 0 Å². The van der Waals surface area contributed by atoms with Crippen LogP contribution in [0.15, 0.2) is 29.3 Å². The van der Waals surface area contributed by atoms with Crippen LogP contribution in [0.25, 0.3) is 10.9 Å². The topological polar surface area (TPSA) is 70.5 Å². The minimum Gasteiger partial charge on any atom is -0.369 e. The number of carbonyl (C=O) groups excluding carboxylic acids is 1. The molecule has 2 aliphatic heterocycles. The van der Waals surface area contributed by atoms with Crippen molar-refractivity contribution in [2.75, 3.05) is 44.2 Å². The quantitative estimate of drug-likeness (QED) is 0.821. The number of nitrogens with one attached hydrogen (secondary N) is 1. The van der Waals surface area contributed by atoms with E-state index in [4.69, 9.17) is 0 Å². The number of nitrogens with zero attached hydrogens (tertiary/aromatic N) is 4. The molecular weight excluding hydrogens is 368 g/mol. The molecule has 9 heteroatoms. The molecule has 2 fully saturated rings. The van der Waals surface area contributed by atoms with Gasteiger partial charge in [0.15, 0.2) is 0 Å². The molecule has 2 aliphatic rings. The van der Waals surface area contributed by atoms with Crippen molar-refractivity contribution in [3.63, 3.8) is 0 Å². The molecule has 0 aliphatic carbocycles. The average Bonchev–Trinajstić information content (AvgIpc) is 3.09. The predicted octanol–water partition coefficient (Wildman–Crippen LogP) is 0.920. The summed E-state index contributed by atoms with van der Waals surface area (Å²) in [7, 11) is 0. The second-order valence-electron chi connectivity index (χ2n) is 7.46. The average molecular weight is 391 g/mol. The zero-order valence-corrected chi connectivity index (χ0v) is 15.5. The van der Waals surface area contributed by atoms with Crippen molar-refractivity contribution < 1.29 is 13.6 Å². The predicted molar refractivity (Wildman–Crippen MR) is 102 cm³/mol. The molecule has 0 saturated carbocycles. The Morgan fingerprint density at radius 2 is 1.96 bits per heavy atom. The highest BCUT2D eigenvalue weighted by molar-refractivity contribution is 5.81. The highest BCUT2D eigenvalue weighted by Crippen LogP contribution is 2.21. The van der Waals surface area contributed by atoms with Gasteiger partial charge in [-0.25, -0.2) is 13.8 Å². The number of rotatable bonds is 5. The molecule has 1 aromatic heterocycles. The molecule has 1 N–H and O–H groups in total. The Morgan fingerprint density at radius 1 is 1.18 bits per heavy atom. The van der Waals surface area contributed by atoms with Crippen LogP contribution in [0, 0.1) is 5.92 Å². The van der Waals surface area contributed by atoms with Crippen LogP contribution in [0.5, 0.6) is 0 Å². The van der Waals surface area contributed by atoms with E-state index >= 15 is 0 Å². The Morgan fingerprint density at radius 3 is 2.64 bits per heavy atom. The molecule has 1 atom stereocenters. The third-order valence-corrected chi connectivity index (χ3v) is 5.46. The summed E-state index contributed by atoms with van der Waals surface area (Å²) in [4.78, 5) is 32.5. The Labute approximate surface area is 160 Å². The largest absolute Gasteiger partial charge is 0.369 e. The van der Waals surface area contributed by atoms with E-state index < -0.39 is 18.5 Å². The van der Waals surface area contributed by atoms with Gasteiger partial charge in [-0.2, -0.15) is 0 Å². The van der Waals surface area contributed by atoms with E-state index in [1.54, 1.807) is 6.07 Å². The third-order valence-electron chi connectivity index (χ3n) is 5.46. The first-order valence-corrected chi connectivity index (χ1v) is 9.51. The summed E-state index contributed by atoms with van der Waals surface area (Å²) in [5.74, 6) is 0.527. The van der Waals surface area contributed by atoms with Crippen LogP contribution < -0.4 is 15.8 Å². The lowest BCUT2D eigenvalue weighted by molar-refractivity contribution is -0.119. The van der Waals surface area contributed by atoms with E-state index in [0.29, 0.717) is 23.2 Å². The van der Waals surface area contributed by atoms with Gasteiger partial charge in [-0.05, 0) is 24.1 Å². The number of anilines is 1. The maximum Gasteiger partial charge on any atom is 0.261 e. The zero-order chi connectivity index (χ0) is 19.7. The lowest BCUT2D eigenvalue weighted by Gasteiger charge is -2.37. The maximum absolute atomic E-state index is 12.6. The van der Waals surface area contributed by atoms with Gasteiger partial charge in [0.05, 0.1) is 23.8 Å². The minimum atomic E-state index is -2.59. The van der Waals surface area contributed by atoms with Crippen LogP contribution in [0.4, 0.5) is 14.5 Å². The van der Waals surface area contributed by atoms with Gasteiger partial charge in [0.2, 0.25) is 5.91 Å². The van der Waals surface area contributed by atoms with E-state index in [9.17, 15) is 18.4 Å². The molecule has 1 unspecified atom stereocenters. The molecule has 2 saturated heterocycles. The summed E-state index contributed by atoms with van der Waals surface area (Å²) in [6.07, 6.45) is -0.791. The second kappa shape index (κ2) is 7.83. The fraction of sp³-hybridized carbons (Fsp3) is 0.526. The highest BCUT2D eigenvalue weighted by Gasteiger charge is 2.26. The fourth-order valence-corrected chi connectivity index (χ4v) is 3.97. The van der Waals surface area contributed by atoms with Crippen molar-refractivity contribution in [3.05, 3.63) is 34.9 Å². The summed E-state index contributed by atoms with van der Waals surface area (Å²) in [6, 6.07) is 5.37. The number of aromatic nitrogens is 2. The first-order valence-electron chi connectivity index (χ1n) is 9.51. The molecule has 150 valence electrons. The van der Waals surface area contributed by atoms with Crippen molar-refractivity contribution >= 4 is 22.5 Å². The monoisotopic (exact) mass is 391 g/mol. The molecule has 3 heterocycles. The van der Waals surface area contributed by atoms with Crippen molar-refractivity contribution in [2.45, 2.75) is 19.4 Å². The van der Waals surface area contributed by atoms with E-state index in [1.807, 2.05) is 12.1 Å². The van der Waals surface area contributed by atoms with E-state index in [0.717, 1.165) is 49.5 Å². The van der Waals surface area contributed by atoms with Crippen LogP contribution in [-0.2, 0) is 11.3 Å². The number of carbonyl (C=O) groups is 1. The number of piperazine rings is 1. The molecule has 2 aromatic rings. The molecular formula is C19H23F2N5O2. The van der Waals surface area contributed by atoms with Gasteiger partial charge in [-0.3, -0.25) is 19.1 Å². The SMILES string of the molecule is O=C1CC(CN2CCN(c3ccc4c(=O)n(CC(F)F)cnc4c3)CC2)CN1. The maximum atomic E-state index is 12.6. The Balaban J connectivity index is 1.42. The van der Waals surface area contributed by atoms with Crippen molar-refractivity contribution in [2.24, 2.45) is 5.92 Å². The minimum absolute atomic E-state index is 0.139. The summed E-state index contributed by atoms with van der Waals surface area (Å²) in [5, 5.41) is 3.23. The van der Waals surface area contributed by atoms with Gasteiger partial charge in [0, 0.05) is 51.4 Å². The number of hydrogen-bond donors (Lipinski definition) is 1. The summed E-state index contributed by atoms with van der Waals surface area (Å²) >= 11 is 0. The lowest BCUT2D eigenvalue weighted by Crippen LogP contribution is -2.48. The molecule has 0 spiro atoms. The van der Waals surface area contributed by atoms with Crippen molar-refractivity contribution in [1.82, 2.24) is 19.8 Å². The van der Waals surface area contributed by atoms with Crippen LogP contribution >= 0.6 is 0 Å². The molecule has 0 radical (unpaired) electrons. The first kappa shape index (κ1) is 18.8. The number of halogens is 2. The number of benzene rings is 1. The zero-order valence-electron chi connectivity index (χ0n) is 15.5. The summed E-state index contributed by atoms with van der Waals surface area (Å²) in [5.41, 5.74) is 1.05. The van der Waals surface area contributed by atoms with E-state index in [1.165, 1.54) is 6.33 Å². The molecule has 28 heavy (non-hydrogen) atoms. The van der Waals surface area contributed by atoms with Crippen LogP contribution in [-0.4, -0.2) is 66.1 Å². The van der Waals surface area contributed by atoms with Gasteiger partial charge in [0.1, 0.15) is 0 Å². The van der Waals surface area contributed by atoms with E-state index in [-0.39, 0.29) is 5.91 Å². The Hall–Kier alpha value is -2.55. The fourth-order valence-electron chi connectivity index (χ4n) is 3.97. The number of amides is 1. The molecule has 1 amide bonds.